The molecule has 0 spiro atoms. The van der Waals surface area contributed by atoms with Crippen molar-refractivity contribution in [3.63, 3.8) is 0 Å². The molecule has 0 radical (unpaired) electrons. The summed E-state index contributed by atoms with van der Waals surface area (Å²) < 4.78 is 8.43. The first-order valence-electron chi connectivity index (χ1n) is 5.05. The van der Waals surface area contributed by atoms with Crippen LogP contribution in [0, 0.1) is 6.92 Å². The maximum atomic E-state index is 11.8. The Bertz CT molecular complexity index is 593. The van der Waals surface area contributed by atoms with E-state index in [9.17, 15) is 4.79 Å². The van der Waals surface area contributed by atoms with E-state index in [2.05, 4.69) is 36.8 Å². The van der Waals surface area contributed by atoms with Crippen LogP contribution in [-0.2, 0) is 4.74 Å². The van der Waals surface area contributed by atoms with Crippen LogP contribution in [0.5, 0.6) is 0 Å². The van der Waals surface area contributed by atoms with Gasteiger partial charge in [-0.25, -0.2) is 9.78 Å². The monoisotopic (exact) mass is 360 g/mol. The minimum absolute atomic E-state index is 0.348. The quantitative estimate of drug-likeness (QED) is 0.770. The van der Waals surface area contributed by atoms with E-state index < -0.39 is 0 Å². The van der Waals surface area contributed by atoms with Crippen molar-refractivity contribution in [2.75, 3.05) is 6.61 Å². The molecule has 0 saturated heterocycles. The Hall–Kier alpha value is -0.880. The van der Waals surface area contributed by atoms with Crippen LogP contribution >= 0.6 is 31.9 Å². The van der Waals surface area contributed by atoms with Crippen LogP contribution in [0.3, 0.4) is 0 Å². The van der Waals surface area contributed by atoms with Gasteiger partial charge in [-0.2, -0.15) is 0 Å². The third-order valence-corrected chi connectivity index (χ3v) is 3.30. The molecule has 4 nitrogen and oxygen atoms in total. The predicted octanol–water partition coefficient (Wildman–Crippen LogP) is 3.34. The van der Waals surface area contributed by atoms with Crippen molar-refractivity contribution in [3.8, 4) is 0 Å². The standard InChI is InChI=1S/C11H10Br2N2O2/c1-3-17-11(16)9-6(2)14-10-8(13)4-7(12)5-15(9)10/h4-5H,3H2,1-2H3. The molecule has 0 amide bonds. The lowest BCUT2D eigenvalue weighted by Crippen LogP contribution is -2.09. The van der Waals surface area contributed by atoms with Gasteiger partial charge in [0.1, 0.15) is 0 Å². The molecular weight excluding hydrogens is 352 g/mol. The molecule has 0 aromatic carbocycles. The third-order valence-electron chi connectivity index (χ3n) is 2.28. The number of pyridine rings is 1. The third kappa shape index (κ3) is 2.24. The number of fused-ring (bicyclic) bond motifs is 1. The van der Waals surface area contributed by atoms with Crippen molar-refractivity contribution in [1.82, 2.24) is 9.38 Å². The Morgan fingerprint density at radius 2 is 2.24 bits per heavy atom. The zero-order valence-electron chi connectivity index (χ0n) is 9.33. The van der Waals surface area contributed by atoms with Gasteiger partial charge in [0.15, 0.2) is 11.3 Å². The van der Waals surface area contributed by atoms with E-state index in [0.29, 0.717) is 23.6 Å². The highest BCUT2D eigenvalue weighted by molar-refractivity contribution is 9.11. The van der Waals surface area contributed by atoms with E-state index in [1.807, 2.05) is 6.07 Å². The SMILES string of the molecule is CCOC(=O)c1c(C)nc2c(Br)cc(Br)cn12. The predicted molar refractivity (Wildman–Crippen MR) is 71.3 cm³/mol. The fraction of sp³-hybridized carbons (Fsp3) is 0.273. The Morgan fingerprint density at radius 1 is 1.53 bits per heavy atom. The molecule has 2 rings (SSSR count). The number of carbonyl (C=O) groups excluding carboxylic acids is 1. The van der Waals surface area contributed by atoms with Crippen LogP contribution < -0.4 is 0 Å². The molecule has 0 aliphatic heterocycles. The second kappa shape index (κ2) is 4.78. The second-order valence-corrected chi connectivity index (χ2v) is 5.24. The summed E-state index contributed by atoms with van der Waals surface area (Å²) in [6.45, 7) is 3.92. The molecule has 0 N–H and O–H groups in total. The van der Waals surface area contributed by atoms with E-state index in [4.69, 9.17) is 4.74 Å². The molecule has 0 bridgehead atoms. The fourth-order valence-corrected chi connectivity index (χ4v) is 2.90. The van der Waals surface area contributed by atoms with Gasteiger partial charge in [-0.05, 0) is 51.8 Å². The maximum absolute atomic E-state index is 11.8. The van der Waals surface area contributed by atoms with E-state index in [-0.39, 0.29) is 5.97 Å². The molecule has 6 heteroatoms. The zero-order chi connectivity index (χ0) is 12.6. The molecule has 0 atom stereocenters. The molecule has 0 aliphatic rings. The molecular formula is C11H10Br2N2O2. The van der Waals surface area contributed by atoms with Gasteiger partial charge in [0.25, 0.3) is 0 Å². The van der Waals surface area contributed by atoms with Gasteiger partial charge >= 0.3 is 5.97 Å². The number of hydrogen-bond donors (Lipinski definition) is 0. The highest BCUT2D eigenvalue weighted by Crippen LogP contribution is 2.25. The van der Waals surface area contributed by atoms with Crippen LogP contribution in [0.4, 0.5) is 0 Å². The Kier molecular flexibility index (Phi) is 3.53. The van der Waals surface area contributed by atoms with Crippen LogP contribution in [-0.4, -0.2) is 22.0 Å². The van der Waals surface area contributed by atoms with Gasteiger partial charge in [-0.15, -0.1) is 0 Å². The molecule has 2 aromatic rings. The number of rotatable bonds is 2. The highest BCUT2D eigenvalue weighted by Gasteiger charge is 2.19. The molecule has 2 heterocycles. The summed E-state index contributed by atoms with van der Waals surface area (Å²) in [7, 11) is 0. The van der Waals surface area contributed by atoms with E-state index in [1.54, 1.807) is 24.4 Å². The minimum atomic E-state index is -0.359. The number of hydrogen-bond acceptors (Lipinski definition) is 3. The molecule has 17 heavy (non-hydrogen) atoms. The Labute approximate surface area is 115 Å². The van der Waals surface area contributed by atoms with Crippen LogP contribution in [0.15, 0.2) is 21.2 Å². The Balaban J connectivity index is 2.70. The number of imidazole rings is 1. The molecule has 0 aliphatic carbocycles. The molecule has 0 fully saturated rings. The smallest absolute Gasteiger partial charge is 0.357 e. The van der Waals surface area contributed by atoms with Crippen molar-refractivity contribution < 1.29 is 9.53 Å². The van der Waals surface area contributed by atoms with Gasteiger partial charge in [0, 0.05) is 10.7 Å². The van der Waals surface area contributed by atoms with Gasteiger partial charge < -0.3 is 4.74 Å². The van der Waals surface area contributed by atoms with Crippen molar-refractivity contribution in [2.45, 2.75) is 13.8 Å². The number of esters is 1. The lowest BCUT2D eigenvalue weighted by atomic mass is 10.3. The summed E-state index contributed by atoms with van der Waals surface area (Å²) in [6, 6.07) is 1.89. The van der Waals surface area contributed by atoms with Gasteiger partial charge in [0.2, 0.25) is 0 Å². The Morgan fingerprint density at radius 3 is 2.88 bits per heavy atom. The van der Waals surface area contributed by atoms with E-state index in [0.717, 1.165) is 8.95 Å². The molecule has 0 unspecified atom stereocenters. The average molecular weight is 362 g/mol. The van der Waals surface area contributed by atoms with Gasteiger partial charge in [0.05, 0.1) is 16.8 Å². The van der Waals surface area contributed by atoms with Crippen LogP contribution in [0.1, 0.15) is 23.1 Å². The van der Waals surface area contributed by atoms with Crippen LogP contribution in [0.2, 0.25) is 0 Å². The molecule has 0 saturated carbocycles. The number of aromatic nitrogens is 2. The van der Waals surface area contributed by atoms with Crippen molar-refractivity contribution >= 4 is 43.5 Å². The zero-order valence-corrected chi connectivity index (χ0v) is 12.5. The topological polar surface area (TPSA) is 43.6 Å². The number of ether oxygens (including phenoxy) is 1. The van der Waals surface area contributed by atoms with Gasteiger partial charge in [-0.3, -0.25) is 4.40 Å². The largest absolute Gasteiger partial charge is 0.461 e. The summed E-state index contributed by atoms with van der Waals surface area (Å²) in [6.07, 6.45) is 1.80. The van der Waals surface area contributed by atoms with Crippen molar-refractivity contribution in [1.29, 1.82) is 0 Å². The first-order valence-corrected chi connectivity index (χ1v) is 6.64. The van der Waals surface area contributed by atoms with Crippen molar-refractivity contribution in [3.05, 3.63) is 32.6 Å². The lowest BCUT2D eigenvalue weighted by Gasteiger charge is -2.04. The number of aryl methyl sites for hydroxylation is 1. The summed E-state index contributed by atoms with van der Waals surface area (Å²) in [5.41, 5.74) is 1.82. The summed E-state index contributed by atoms with van der Waals surface area (Å²) >= 11 is 6.80. The second-order valence-electron chi connectivity index (χ2n) is 3.47. The highest BCUT2D eigenvalue weighted by atomic mass is 79.9. The number of halogens is 2. The van der Waals surface area contributed by atoms with Crippen molar-refractivity contribution in [2.24, 2.45) is 0 Å². The van der Waals surface area contributed by atoms with Crippen LogP contribution in [0.25, 0.3) is 5.65 Å². The van der Waals surface area contributed by atoms with E-state index >= 15 is 0 Å². The van der Waals surface area contributed by atoms with E-state index in [1.165, 1.54) is 0 Å². The summed E-state index contributed by atoms with van der Waals surface area (Å²) in [5.74, 6) is -0.359. The maximum Gasteiger partial charge on any atom is 0.357 e. The fourth-order valence-electron chi connectivity index (χ4n) is 1.63. The summed E-state index contributed by atoms with van der Waals surface area (Å²) in [4.78, 5) is 16.2. The number of nitrogens with zero attached hydrogens (tertiary/aromatic N) is 2. The normalized spacial score (nSPS) is 10.8. The first-order chi connectivity index (χ1) is 8.04. The minimum Gasteiger partial charge on any atom is -0.461 e. The molecule has 2 aromatic heterocycles. The lowest BCUT2D eigenvalue weighted by molar-refractivity contribution is 0.0517. The number of carbonyl (C=O) groups is 1. The first kappa shape index (κ1) is 12.6. The average Bonchev–Trinajstić information content (AvgIpc) is 2.55. The molecule has 90 valence electrons. The van der Waals surface area contributed by atoms with Gasteiger partial charge in [-0.1, -0.05) is 0 Å². The summed E-state index contributed by atoms with van der Waals surface area (Å²) in [5, 5.41) is 0.